The molecule has 0 aliphatic carbocycles. The third-order valence-corrected chi connectivity index (χ3v) is 3.96. The average molecular weight is 347 g/mol. The van der Waals surface area contributed by atoms with Crippen molar-refractivity contribution in [3.05, 3.63) is 35.9 Å². The first kappa shape index (κ1) is 18.1. The molecule has 9 heteroatoms. The van der Waals surface area contributed by atoms with Gasteiger partial charge in [0, 0.05) is 13.5 Å². The smallest absolute Gasteiger partial charge is 0.419 e. The lowest BCUT2D eigenvalue weighted by Gasteiger charge is -2.29. The van der Waals surface area contributed by atoms with Gasteiger partial charge in [0.15, 0.2) is 5.60 Å². The molecule has 0 aromatic heterocycles. The molecule has 6 nitrogen and oxygen atoms in total. The maximum atomic E-state index is 13.2. The summed E-state index contributed by atoms with van der Waals surface area (Å²) in [6.07, 6.45) is -6.83. The van der Waals surface area contributed by atoms with Crippen LogP contribution >= 0.6 is 0 Å². The first-order chi connectivity index (χ1) is 11.2. The topological polar surface area (TPSA) is 76.1 Å². The van der Waals surface area contributed by atoms with Crippen LogP contribution in [0.4, 0.5) is 18.0 Å². The zero-order valence-corrected chi connectivity index (χ0v) is 12.7. The fourth-order valence-corrected chi connectivity index (χ4v) is 2.56. The van der Waals surface area contributed by atoms with Gasteiger partial charge in [-0.05, 0) is 5.56 Å². The van der Waals surface area contributed by atoms with E-state index in [-0.39, 0.29) is 6.61 Å². The quantitative estimate of drug-likeness (QED) is 0.905. The number of carbonyl (C=O) groups is 2. The molecule has 0 spiro atoms. The maximum Gasteiger partial charge on any atom is 0.419 e. The molecular weight excluding hydrogens is 331 g/mol. The lowest BCUT2D eigenvalue weighted by atomic mass is 9.99. The Morgan fingerprint density at radius 1 is 1.33 bits per heavy atom. The molecule has 24 heavy (non-hydrogen) atoms. The van der Waals surface area contributed by atoms with Gasteiger partial charge in [-0.3, -0.25) is 4.90 Å². The molecule has 1 amide bonds. The highest BCUT2D eigenvalue weighted by Gasteiger charge is 2.64. The van der Waals surface area contributed by atoms with E-state index in [1.807, 2.05) is 0 Å². The number of rotatable bonds is 4. The summed E-state index contributed by atoms with van der Waals surface area (Å²) in [6, 6.07) is 6.83. The fourth-order valence-electron chi connectivity index (χ4n) is 2.56. The zero-order valence-electron chi connectivity index (χ0n) is 12.7. The lowest BCUT2D eigenvalue weighted by molar-refractivity contribution is -0.263. The lowest BCUT2D eigenvalue weighted by Crippen LogP contribution is -2.49. The third-order valence-electron chi connectivity index (χ3n) is 3.96. The number of nitrogens with zero attached hydrogens (tertiary/aromatic N) is 1. The number of carboxylic acid groups (broad SMARTS) is 1. The van der Waals surface area contributed by atoms with E-state index in [1.54, 1.807) is 30.3 Å². The van der Waals surface area contributed by atoms with E-state index in [9.17, 15) is 22.8 Å². The number of carbonyl (C=O) groups excluding carboxylic acids is 1. The van der Waals surface area contributed by atoms with Crippen LogP contribution in [0, 0.1) is 0 Å². The Hall–Kier alpha value is -2.29. The van der Waals surface area contributed by atoms with Gasteiger partial charge in [0.1, 0.15) is 12.6 Å². The SMILES string of the molecule is CO[C@@]1(C(F)(F)F)C[C@@H](C(=O)O)N(C(=O)OCc2ccccc2)C1. The Morgan fingerprint density at radius 2 is 1.96 bits per heavy atom. The van der Waals surface area contributed by atoms with E-state index >= 15 is 0 Å². The molecule has 1 aromatic rings. The van der Waals surface area contributed by atoms with Crippen molar-refractivity contribution in [2.45, 2.75) is 30.8 Å². The van der Waals surface area contributed by atoms with E-state index in [2.05, 4.69) is 4.74 Å². The van der Waals surface area contributed by atoms with Crippen LogP contribution in [0.15, 0.2) is 30.3 Å². The Kier molecular flexibility index (Phi) is 5.02. The fraction of sp³-hybridized carbons (Fsp3) is 0.467. The van der Waals surface area contributed by atoms with Crippen LogP contribution < -0.4 is 0 Å². The van der Waals surface area contributed by atoms with E-state index < -0.39 is 42.8 Å². The second-order valence-electron chi connectivity index (χ2n) is 5.42. The standard InChI is InChI=1S/C15H16F3NO5/c1-23-14(15(16,17)18)7-11(12(20)21)19(9-14)13(22)24-8-10-5-3-2-4-6-10/h2-6,11H,7-9H2,1H3,(H,20,21)/t11-,14-/m0/s1. The van der Waals surface area contributed by atoms with Crippen molar-refractivity contribution in [3.8, 4) is 0 Å². The molecule has 1 aliphatic heterocycles. The number of hydrogen-bond acceptors (Lipinski definition) is 4. The number of hydrogen-bond donors (Lipinski definition) is 1. The van der Waals surface area contributed by atoms with Gasteiger partial charge in [-0.15, -0.1) is 0 Å². The number of amides is 1. The highest BCUT2D eigenvalue weighted by Crippen LogP contribution is 2.43. The summed E-state index contributed by atoms with van der Waals surface area (Å²) in [6.45, 7) is -1.11. The van der Waals surface area contributed by atoms with Crippen LogP contribution in [0.1, 0.15) is 12.0 Å². The number of halogens is 3. The van der Waals surface area contributed by atoms with Crippen molar-refractivity contribution in [2.75, 3.05) is 13.7 Å². The van der Waals surface area contributed by atoms with E-state index in [0.29, 0.717) is 10.5 Å². The van der Waals surface area contributed by atoms with Crippen LogP contribution in [0.5, 0.6) is 0 Å². The van der Waals surface area contributed by atoms with Crippen molar-refractivity contribution >= 4 is 12.1 Å². The van der Waals surface area contributed by atoms with E-state index in [0.717, 1.165) is 7.11 Å². The molecule has 1 aromatic carbocycles. The highest BCUT2D eigenvalue weighted by molar-refractivity contribution is 5.81. The second kappa shape index (κ2) is 6.68. The predicted molar refractivity (Wildman–Crippen MR) is 75.2 cm³/mol. The van der Waals surface area contributed by atoms with Crippen LogP contribution in [0.3, 0.4) is 0 Å². The first-order valence-electron chi connectivity index (χ1n) is 7.02. The normalized spacial score (nSPS) is 24.0. The highest BCUT2D eigenvalue weighted by atomic mass is 19.4. The van der Waals surface area contributed by atoms with Crippen LogP contribution in [0.2, 0.25) is 0 Å². The van der Waals surface area contributed by atoms with Gasteiger partial charge in [-0.2, -0.15) is 13.2 Å². The van der Waals surface area contributed by atoms with Crippen molar-refractivity contribution in [2.24, 2.45) is 0 Å². The molecule has 2 rings (SSSR count). The summed E-state index contributed by atoms with van der Waals surface area (Å²) in [4.78, 5) is 23.9. The number of aliphatic carboxylic acids is 1. The third kappa shape index (κ3) is 3.45. The maximum absolute atomic E-state index is 13.2. The predicted octanol–water partition coefficient (Wildman–Crippen LogP) is 2.43. The summed E-state index contributed by atoms with van der Waals surface area (Å²) < 4.78 is 49.2. The zero-order chi connectivity index (χ0) is 18.0. The largest absolute Gasteiger partial charge is 0.480 e. The second-order valence-corrected chi connectivity index (χ2v) is 5.42. The van der Waals surface area contributed by atoms with E-state index in [4.69, 9.17) is 9.84 Å². The van der Waals surface area contributed by atoms with Crippen molar-refractivity contribution in [3.63, 3.8) is 0 Å². The molecule has 0 radical (unpaired) electrons. The minimum absolute atomic E-state index is 0.172. The number of likely N-dealkylation sites (tertiary alicyclic amines) is 1. The van der Waals surface area contributed by atoms with Crippen molar-refractivity contribution in [1.29, 1.82) is 0 Å². The van der Waals surface area contributed by atoms with Crippen molar-refractivity contribution < 1.29 is 37.3 Å². The molecule has 1 N–H and O–H groups in total. The molecule has 132 valence electrons. The average Bonchev–Trinajstić information content (AvgIpc) is 2.95. The molecule has 1 fully saturated rings. The molecule has 1 saturated heterocycles. The van der Waals surface area contributed by atoms with Gasteiger partial charge in [-0.1, -0.05) is 30.3 Å². The van der Waals surface area contributed by atoms with Gasteiger partial charge in [0.2, 0.25) is 0 Å². The van der Waals surface area contributed by atoms with Crippen LogP contribution in [0.25, 0.3) is 0 Å². The molecule has 1 heterocycles. The molecule has 0 bridgehead atoms. The molecule has 1 aliphatic rings. The Labute approximate surface area is 135 Å². The van der Waals surface area contributed by atoms with Gasteiger partial charge in [-0.25, -0.2) is 9.59 Å². The number of benzene rings is 1. The molecule has 0 unspecified atom stereocenters. The summed E-state index contributed by atoms with van der Waals surface area (Å²) in [5, 5.41) is 9.14. The summed E-state index contributed by atoms with van der Waals surface area (Å²) in [5.74, 6) is -1.55. The van der Waals surface area contributed by atoms with Gasteiger partial charge in [0.25, 0.3) is 0 Å². The summed E-state index contributed by atoms with van der Waals surface area (Å²) in [5.41, 5.74) is -2.09. The van der Waals surface area contributed by atoms with Crippen LogP contribution in [-0.4, -0.2) is 53.5 Å². The number of alkyl halides is 3. The Bertz CT molecular complexity index is 607. The summed E-state index contributed by atoms with van der Waals surface area (Å²) in [7, 11) is 0.838. The molecule has 2 atom stereocenters. The number of methoxy groups -OCH3 is 1. The van der Waals surface area contributed by atoms with Gasteiger partial charge in [0.05, 0.1) is 6.54 Å². The Morgan fingerprint density at radius 3 is 2.46 bits per heavy atom. The first-order valence-corrected chi connectivity index (χ1v) is 7.02. The Balaban J connectivity index is 2.14. The summed E-state index contributed by atoms with van der Waals surface area (Å²) >= 11 is 0. The van der Waals surface area contributed by atoms with Gasteiger partial charge < -0.3 is 14.6 Å². The molecular formula is C15H16F3NO5. The number of carboxylic acids is 1. The minimum Gasteiger partial charge on any atom is -0.480 e. The van der Waals surface area contributed by atoms with Crippen LogP contribution in [-0.2, 0) is 20.9 Å². The minimum atomic E-state index is -4.82. The van der Waals surface area contributed by atoms with Crippen molar-refractivity contribution in [1.82, 2.24) is 4.90 Å². The monoisotopic (exact) mass is 347 g/mol. The van der Waals surface area contributed by atoms with E-state index in [1.165, 1.54) is 0 Å². The van der Waals surface area contributed by atoms with Gasteiger partial charge >= 0.3 is 18.2 Å². The number of ether oxygens (including phenoxy) is 2. The molecule has 0 saturated carbocycles.